The lowest BCUT2D eigenvalue weighted by Crippen LogP contribution is -2.33. The third-order valence-corrected chi connectivity index (χ3v) is 6.86. The van der Waals surface area contributed by atoms with E-state index in [1.165, 1.54) is 33.8 Å². The number of thiazole rings is 1. The van der Waals surface area contributed by atoms with Gasteiger partial charge >= 0.3 is 0 Å². The van der Waals surface area contributed by atoms with Crippen LogP contribution >= 0.6 is 35.3 Å². The number of thioether (sulfide) groups is 1. The fraction of sp³-hybridized carbons (Fsp3) is 0.190. The Morgan fingerprint density at radius 3 is 2.55 bits per heavy atom. The summed E-state index contributed by atoms with van der Waals surface area (Å²) in [5, 5.41) is 2.04. The van der Waals surface area contributed by atoms with Crippen molar-refractivity contribution < 1.29 is 4.79 Å². The lowest BCUT2D eigenvalue weighted by Gasteiger charge is -2.20. The predicted octanol–water partition coefficient (Wildman–Crippen LogP) is 5.37. The van der Waals surface area contributed by atoms with Crippen molar-refractivity contribution >= 4 is 72.7 Å². The molecule has 1 amide bonds. The summed E-state index contributed by atoms with van der Waals surface area (Å²) in [6.07, 6.45) is 1.88. The highest BCUT2D eigenvalue weighted by Gasteiger charge is 2.33. The van der Waals surface area contributed by atoms with Crippen molar-refractivity contribution in [2.24, 2.45) is 0 Å². The Morgan fingerprint density at radius 1 is 1.14 bits per heavy atom. The van der Waals surface area contributed by atoms with Gasteiger partial charge in [0.05, 0.1) is 15.1 Å². The number of anilines is 2. The molecule has 2 aromatic carbocycles. The van der Waals surface area contributed by atoms with Crippen LogP contribution in [0.1, 0.15) is 19.4 Å². The molecule has 1 aliphatic heterocycles. The molecule has 1 saturated heterocycles. The van der Waals surface area contributed by atoms with Crippen LogP contribution in [0.15, 0.2) is 53.4 Å². The highest BCUT2D eigenvalue weighted by Crippen LogP contribution is 2.34. The van der Waals surface area contributed by atoms with Crippen molar-refractivity contribution in [3.05, 3.63) is 59.0 Å². The molecular weight excluding hydrogens is 420 g/mol. The van der Waals surface area contributed by atoms with Gasteiger partial charge in [-0.3, -0.25) is 10.2 Å². The lowest BCUT2D eigenvalue weighted by atomic mass is 10.1. The second kappa shape index (κ2) is 8.52. The van der Waals surface area contributed by atoms with Crippen molar-refractivity contribution in [2.45, 2.75) is 13.8 Å². The normalized spacial score (nSPS) is 15.5. The summed E-state index contributed by atoms with van der Waals surface area (Å²) in [7, 11) is 0. The number of rotatable bonds is 6. The number of carbonyl (C=O) groups excluding carboxylic acids is 1. The topological polar surface area (TPSA) is 48.5 Å². The van der Waals surface area contributed by atoms with Gasteiger partial charge in [0, 0.05) is 18.8 Å². The van der Waals surface area contributed by atoms with Crippen LogP contribution in [0.4, 0.5) is 10.8 Å². The molecule has 1 N–H and O–H groups in total. The van der Waals surface area contributed by atoms with Gasteiger partial charge in [0.25, 0.3) is 5.91 Å². The first-order valence-electron chi connectivity index (χ1n) is 9.34. The number of aromatic nitrogens is 1. The Hall–Kier alpha value is -2.42. The largest absolute Gasteiger partial charge is 0.372 e. The summed E-state index contributed by atoms with van der Waals surface area (Å²) in [5.41, 5.74) is 6.12. The van der Waals surface area contributed by atoms with Gasteiger partial charge < -0.3 is 4.90 Å². The van der Waals surface area contributed by atoms with E-state index in [-0.39, 0.29) is 5.91 Å². The van der Waals surface area contributed by atoms with Gasteiger partial charge in [0.2, 0.25) is 5.13 Å². The van der Waals surface area contributed by atoms with Crippen molar-refractivity contribution in [1.82, 2.24) is 9.99 Å². The molecule has 3 aromatic rings. The summed E-state index contributed by atoms with van der Waals surface area (Å²) in [5.74, 6) is -0.160. The van der Waals surface area contributed by atoms with Gasteiger partial charge in [-0.2, -0.15) is 5.01 Å². The van der Waals surface area contributed by atoms with Crippen LogP contribution < -0.4 is 10.3 Å². The molecule has 8 heteroatoms. The van der Waals surface area contributed by atoms with E-state index in [0.717, 1.165) is 28.9 Å². The summed E-state index contributed by atoms with van der Waals surface area (Å²) in [6, 6.07) is 16.1. The molecule has 0 bridgehead atoms. The summed E-state index contributed by atoms with van der Waals surface area (Å²) >= 11 is 8.20. The molecule has 0 spiro atoms. The zero-order valence-corrected chi connectivity index (χ0v) is 18.5. The van der Waals surface area contributed by atoms with E-state index >= 15 is 0 Å². The average molecular weight is 441 g/mol. The number of para-hydroxylation sites is 1. The Labute approximate surface area is 183 Å². The van der Waals surface area contributed by atoms with Gasteiger partial charge in [-0.15, -0.1) is 0 Å². The van der Waals surface area contributed by atoms with Gasteiger partial charge in [-0.05, 0) is 62.0 Å². The van der Waals surface area contributed by atoms with Gasteiger partial charge in [0.1, 0.15) is 0 Å². The fourth-order valence-corrected chi connectivity index (χ4v) is 5.13. The zero-order chi connectivity index (χ0) is 20.4. The smallest absolute Gasteiger partial charge is 0.285 e. The predicted molar refractivity (Wildman–Crippen MR) is 128 cm³/mol. The monoisotopic (exact) mass is 440 g/mol. The standard InChI is InChI=1S/C21H20N4OS3/c1-3-24(4-2)15-11-9-14(10-12-15)13-18-19(26)25(21(27)29-18)23-20-22-16-7-5-6-8-17(16)28-20/h5-13H,3-4H2,1-2H3,(H,22,23)/b18-13-. The Bertz CT molecular complexity index is 1050. The molecule has 4 rings (SSSR count). The molecular formula is C21H20N4OS3. The lowest BCUT2D eigenvalue weighted by molar-refractivity contribution is -0.121. The van der Waals surface area contributed by atoms with E-state index < -0.39 is 0 Å². The maximum absolute atomic E-state index is 12.9. The molecule has 1 fully saturated rings. The highest BCUT2D eigenvalue weighted by atomic mass is 32.2. The fourth-order valence-electron chi connectivity index (χ4n) is 3.10. The molecule has 0 atom stereocenters. The van der Waals surface area contributed by atoms with Crippen molar-refractivity contribution in [2.75, 3.05) is 23.4 Å². The number of amides is 1. The molecule has 5 nitrogen and oxygen atoms in total. The number of hydrazine groups is 1. The van der Waals surface area contributed by atoms with E-state index in [2.05, 4.69) is 41.3 Å². The maximum atomic E-state index is 12.9. The minimum atomic E-state index is -0.160. The van der Waals surface area contributed by atoms with E-state index in [9.17, 15) is 4.79 Å². The quantitative estimate of drug-likeness (QED) is 0.411. The van der Waals surface area contributed by atoms with Crippen LogP contribution in [0.3, 0.4) is 0 Å². The third kappa shape index (κ3) is 4.14. The molecule has 0 radical (unpaired) electrons. The van der Waals surface area contributed by atoms with Crippen LogP contribution in [0.5, 0.6) is 0 Å². The van der Waals surface area contributed by atoms with E-state index in [4.69, 9.17) is 12.2 Å². The first-order valence-corrected chi connectivity index (χ1v) is 11.4. The minimum absolute atomic E-state index is 0.160. The highest BCUT2D eigenvalue weighted by molar-refractivity contribution is 8.26. The van der Waals surface area contributed by atoms with Crippen LogP contribution in [0, 0.1) is 0 Å². The van der Waals surface area contributed by atoms with Gasteiger partial charge in [-0.1, -0.05) is 47.4 Å². The number of hydrogen-bond donors (Lipinski definition) is 1. The molecule has 0 saturated carbocycles. The number of nitrogens with one attached hydrogen (secondary N) is 1. The van der Waals surface area contributed by atoms with E-state index in [1.807, 2.05) is 42.5 Å². The number of thiocarbonyl (C=S) groups is 1. The van der Waals surface area contributed by atoms with Crippen molar-refractivity contribution in [1.29, 1.82) is 0 Å². The molecule has 0 aliphatic carbocycles. The average Bonchev–Trinajstić information content (AvgIpc) is 3.26. The van der Waals surface area contributed by atoms with Crippen molar-refractivity contribution in [3.63, 3.8) is 0 Å². The first-order chi connectivity index (χ1) is 14.1. The minimum Gasteiger partial charge on any atom is -0.372 e. The van der Waals surface area contributed by atoms with Crippen molar-refractivity contribution in [3.8, 4) is 0 Å². The molecule has 1 aliphatic rings. The summed E-state index contributed by atoms with van der Waals surface area (Å²) in [6.45, 7) is 6.21. The maximum Gasteiger partial charge on any atom is 0.285 e. The van der Waals surface area contributed by atoms with Gasteiger partial charge in [0.15, 0.2) is 4.32 Å². The number of fused-ring (bicyclic) bond motifs is 1. The van der Waals surface area contributed by atoms with Crippen LogP contribution in [0.25, 0.3) is 16.3 Å². The molecule has 2 heterocycles. The van der Waals surface area contributed by atoms with Crippen LogP contribution in [-0.4, -0.2) is 33.3 Å². The zero-order valence-electron chi connectivity index (χ0n) is 16.1. The van der Waals surface area contributed by atoms with E-state index in [0.29, 0.717) is 14.4 Å². The second-order valence-corrected chi connectivity index (χ2v) is 9.09. The number of carbonyl (C=O) groups is 1. The number of benzene rings is 2. The molecule has 1 aromatic heterocycles. The van der Waals surface area contributed by atoms with E-state index in [1.54, 1.807) is 0 Å². The number of hydrogen-bond acceptors (Lipinski definition) is 7. The molecule has 29 heavy (non-hydrogen) atoms. The summed E-state index contributed by atoms with van der Waals surface area (Å²) in [4.78, 5) is 20.3. The summed E-state index contributed by atoms with van der Waals surface area (Å²) < 4.78 is 1.53. The molecule has 0 unspecified atom stereocenters. The second-order valence-electron chi connectivity index (χ2n) is 6.38. The Morgan fingerprint density at radius 2 is 1.86 bits per heavy atom. The molecule has 148 valence electrons. The van der Waals surface area contributed by atoms with Crippen LogP contribution in [-0.2, 0) is 4.79 Å². The first kappa shape index (κ1) is 19.9. The third-order valence-electron chi connectivity index (χ3n) is 4.61. The SMILES string of the molecule is CCN(CC)c1ccc(/C=C2\SC(=S)N(Nc3nc4ccccc4s3)C2=O)cc1. The van der Waals surface area contributed by atoms with Gasteiger partial charge in [-0.25, -0.2) is 4.98 Å². The van der Waals surface area contributed by atoms with Crippen LogP contribution in [0.2, 0.25) is 0 Å². The Balaban J connectivity index is 1.51. The Kier molecular flexibility index (Phi) is 5.84. The number of nitrogens with zero attached hydrogens (tertiary/aromatic N) is 3.